The number of ether oxygens (including phenoxy) is 1. The summed E-state index contributed by atoms with van der Waals surface area (Å²) in [6.45, 7) is 4.20. The number of aromatic nitrogens is 1. The SMILES string of the molecule is C=CS.O=C(O)CCNCCCc1cc(Cl)ccc1Oc1cc(F)c(SNc2cscn2)cc1F. The molecule has 0 fully saturated rings. The van der Waals surface area contributed by atoms with Crippen molar-refractivity contribution in [2.75, 3.05) is 17.8 Å². The molecule has 0 amide bonds. The highest BCUT2D eigenvalue weighted by Gasteiger charge is 2.15. The fraction of sp³-hybridized carbons (Fsp3) is 0.217. The second kappa shape index (κ2) is 15.6. The van der Waals surface area contributed by atoms with E-state index in [1.165, 1.54) is 16.7 Å². The predicted octanol–water partition coefficient (Wildman–Crippen LogP) is 7.04. The van der Waals surface area contributed by atoms with Gasteiger partial charge in [0.1, 0.15) is 17.4 Å². The number of anilines is 1. The molecule has 0 atom stereocenters. The summed E-state index contributed by atoms with van der Waals surface area (Å²) >= 11 is 11.9. The standard InChI is InChI=1S/C21H20ClF2N3O3S2.C2H4S/c22-14-3-4-17(13(8-14)2-1-6-25-7-5-21(28)29)30-18-9-16(24)19(10-15(18)23)32-27-20-11-31-12-26-20;1-2-3/h3-4,8-12,25,27H,1-2,5-7H2,(H,28,29);2-3H,1H2. The Kier molecular flexibility index (Phi) is 12.9. The Labute approximate surface area is 221 Å². The molecule has 1 aromatic heterocycles. The average molecular weight is 560 g/mol. The fourth-order valence-electron chi connectivity index (χ4n) is 2.72. The minimum Gasteiger partial charge on any atom is -0.481 e. The first-order valence-electron chi connectivity index (χ1n) is 10.3. The molecule has 35 heavy (non-hydrogen) atoms. The molecule has 6 nitrogen and oxygen atoms in total. The molecule has 0 spiro atoms. The van der Waals surface area contributed by atoms with Gasteiger partial charge in [-0.1, -0.05) is 18.2 Å². The van der Waals surface area contributed by atoms with E-state index in [1.54, 1.807) is 29.1 Å². The van der Waals surface area contributed by atoms with E-state index >= 15 is 0 Å². The maximum atomic E-state index is 14.6. The van der Waals surface area contributed by atoms with Crippen LogP contribution >= 0.6 is 47.5 Å². The zero-order valence-corrected chi connectivity index (χ0v) is 21.8. The quantitative estimate of drug-likeness (QED) is 0.108. The maximum absolute atomic E-state index is 14.6. The molecule has 1 heterocycles. The summed E-state index contributed by atoms with van der Waals surface area (Å²) in [5.74, 6) is -1.50. The molecule has 0 saturated carbocycles. The van der Waals surface area contributed by atoms with Crippen LogP contribution in [0.25, 0.3) is 0 Å². The molecule has 2 aromatic carbocycles. The highest BCUT2D eigenvalue weighted by atomic mass is 35.5. The van der Waals surface area contributed by atoms with Gasteiger partial charge in [-0.3, -0.25) is 4.79 Å². The largest absolute Gasteiger partial charge is 0.481 e. The molecule has 0 saturated heterocycles. The van der Waals surface area contributed by atoms with Gasteiger partial charge in [0, 0.05) is 23.0 Å². The number of hydrogen-bond acceptors (Lipinski definition) is 8. The Bertz CT molecular complexity index is 1110. The number of hydrogen-bond donors (Lipinski definition) is 4. The molecule has 0 aliphatic carbocycles. The van der Waals surface area contributed by atoms with E-state index in [9.17, 15) is 13.6 Å². The van der Waals surface area contributed by atoms with Crippen LogP contribution in [-0.4, -0.2) is 29.1 Å². The lowest BCUT2D eigenvalue weighted by atomic mass is 10.1. The summed E-state index contributed by atoms with van der Waals surface area (Å²) in [5.41, 5.74) is 2.37. The van der Waals surface area contributed by atoms with Crippen LogP contribution < -0.4 is 14.8 Å². The number of thiol groups is 1. The third-order valence-electron chi connectivity index (χ3n) is 4.24. The van der Waals surface area contributed by atoms with Crippen LogP contribution in [0.5, 0.6) is 11.5 Å². The molecule has 0 unspecified atom stereocenters. The number of rotatable bonds is 12. The topological polar surface area (TPSA) is 83.5 Å². The van der Waals surface area contributed by atoms with Gasteiger partial charge in [0.05, 0.1) is 16.8 Å². The Morgan fingerprint density at radius 1 is 1.26 bits per heavy atom. The number of nitrogens with one attached hydrogen (secondary N) is 2. The zero-order chi connectivity index (χ0) is 25.6. The highest BCUT2D eigenvalue weighted by Crippen LogP contribution is 2.34. The molecule has 188 valence electrons. The second-order valence-electron chi connectivity index (χ2n) is 6.82. The number of benzene rings is 2. The molecule has 3 rings (SSSR count). The van der Waals surface area contributed by atoms with Crippen LogP contribution in [0.1, 0.15) is 18.4 Å². The number of carboxylic acids is 1. The molecule has 0 aliphatic heterocycles. The molecule has 12 heteroatoms. The second-order valence-corrected chi connectivity index (χ2v) is 9.19. The summed E-state index contributed by atoms with van der Waals surface area (Å²) < 4.78 is 37.7. The lowest BCUT2D eigenvalue weighted by Gasteiger charge is -2.14. The number of thiazole rings is 1. The van der Waals surface area contributed by atoms with Crippen LogP contribution in [0.4, 0.5) is 14.6 Å². The first-order chi connectivity index (χ1) is 16.8. The van der Waals surface area contributed by atoms with E-state index in [1.807, 2.05) is 0 Å². The van der Waals surface area contributed by atoms with Crippen molar-refractivity contribution in [1.29, 1.82) is 0 Å². The van der Waals surface area contributed by atoms with Crippen molar-refractivity contribution >= 4 is 59.3 Å². The van der Waals surface area contributed by atoms with Gasteiger partial charge in [0.15, 0.2) is 11.6 Å². The van der Waals surface area contributed by atoms with Gasteiger partial charge in [0.25, 0.3) is 0 Å². The Morgan fingerprint density at radius 2 is 2.03 bits per heavy atom. The Morgan fingerprint density at radius 3 is 2.71 bits per heavy atom. The van der Waals surface area contributed by atoms with Gasteiger partial charge < -0.3 is 19.9 Å². The monoisotopic (exact) mass is 559 g/mol. The van der Waals surface area contributed by atoms with E-state index in [0.29, 0.717) is 42.5 Å². The minimum absolute atomic E-state index is 0.0456. The average Bonchev–Trinajstić information content (AvgIpc) is 3.33. The van der Waals surface area contributed by atoms with Crippen molar-refractivity contribution in [2.24, 2.45) is 0 Å². The van der Waals surface area contributed by atoms with Crippen molar-refractivity contribution in [1.82, 2.24) is 10.3 Å². The number of nitrogens with zero attached hydrogens (tertiary/aromatic N) is 1. The number of halogens is 3. The summed E-state index contributed by atoms with van der Waals surface area (Å²) in [4.78, 5) is 14.6. The molecule has 0 aliphatic rings. The van der Waals surface area contributed by atoms with Crippen molar-refractivity contribution in [3.8, 4) is 11.5 Å². The van der Waals surface area contributed by atoms with Crippen LogP contribution in [-0.2, 0) is 11.2 Å². The van der Waals surface area contributed by atoms with Gasteiger partial charge in [-0.15, -0.1) is 11.3 Å². The van der Waals surface area contributed by atoms with Gasteiger partial charge in [0.2, 0.25) is 0 Å². The molecule has 0 radical (unpaired) electrons. The van der Waals surface area contributed by atoms with E-state index in [4.69, 9.17) is 21.4 Å². The zero-order valence-electron chi connectivity index (χ0n) is 18.5. The molecular weight excluding hydrogens is 536 g/mol. The smallest absolute Gasteiger partial charge is 0.304 e. The van der Waals surface area contributed by atoms with Gasteiger partial charge in [-0.05, 0) is 66.6 Å². The van der Waals surface area contributed by atoms with E-state index < -0.39 is 17.6 Å². The third kappa shape index (κ3) is 10.5. The number of carboxylic acid groups (broad SMARTS) is 1. The summed E-state index contributed by atoms with van der Waals surface area (Å²) in [6.07, 6.45) is 1.29. The van der Waals surface area contributed by atoms with Crippen LogP contribution in [0.2, 0.25) is 5.02 Å². The van der Waals surface area contributed by atoms with E-state index in [0.717, 1.165) is 29.6 Å². The molecule has 3 N–H and O–H groups in total. The summed E-state index contributed by atoms with van der Waals surface area (Å²) in [6, 6.07) is 7.01. The predicted molar refractivity (Wildman–Crippen MR) is 142 cm³/mol. The van der Waals surface area contributed by atoms with Gasteiger partial charge >= 0.3 is 5.97 Å². The highest BCUT2D eigenvalue weighted by molar-refractivity contribution is 8.00. The number of aliphatic carboxylic acids is 1. The van der Waals surface area contributed by atoms with E-state index in [-0.39, 0.29) is 17.1 Å². The number of aryl methyl sites for hydroxylation is 1. The normalized spacial score (nSPS) is 10.3. The molecular formula is C23H24ClF2N3O3S3. The van der Waals surface area contributed by atoms with Gasteiger partial charge in [-0.2, -0.15) is 12.6 Å². The fourth-order valence-corrected chi connectivity index (χ4v) is 4.12. The van der Waals surface area contributed by atoms with Crippen LogP contribution in [0, 0.1) is 11.6 Å². The van der Waals surface area contributed by atoms with Crippen molar-refractivity contribution in [3.63, 3.8) is 0 Å². The van der Waals surface area contributed by atoms with Crippen LogP contribution in [0.15, 0.2) is 58.1 Å². The minimum atomic E-state index is -0.861. The number of carbonyl (C=O) groups is 1. The van der Waals surface area contributed by atoms with Crippen molar-refractivity contribution < 1.29 is 23.4 Å². The van der Waals surface area contributed by atoms with Crippen molar-refractivity contribution in [3.05, 3.63) is 75.4 Å². The Hall–Kier alpha value is -2.31. The van der Waals surface area contributed by atoms with E-state index in [2.05, 4.69) is 34.2 Å². The lowest BCUT2D eigenvalue weighted by Crippen LogP contribution is -2.19. The first kappa shape index (κ1) is 28.9. The van der Waals surface area contributed by atoms with Crippen LogP contribution in [0.3, 0.4) is 0 Å². The summed E-state index contributed by atoms with van der Waals surface area (Å²) in [7, 11) is 0. The summed E-state index contributed by atoms with van der Waals surface area (Å²) in [5, 5.41) is 15.4. The molecule has 3 aromatic rings. The first-order valence-corrected chi connectivity index (χ1v) is 12.9. The van der Waals surface area contributed by atoms with Crippen molar-refractivity contribution in [2.45, 2.75) is 24.2 Å². The van der Waals surface area contributed by atoms with Gasteiger partial charge in [-0.25, -0.2) is 13.8 Å². The lowest BCUT2D eigenvalue weighted by molar-refractivity contribution is -0.136. The Balaban J connectivity index is 0.00000137. The molecule has 0 bridgehead atoms. The third-order valence-corrected chi connectivity index (χ3v) is 5.91. The maximum Gasteiger partial charge on any atom is 0.304 e.